The molecule has 1 aromatic heterocycles. The zero-order valence-electron chi connectivity index (χ0n) is 11.6. The second-order valence-electron chi connectivity index (χ2n) is 4.87. The number of rotatable bonds is 2. The van der Waals surface area contributed by atoms with Gasteiger partial charge in [-0.25, -0.2) is 8.78 Å². The number of nitrogens with zero attached hydrogens (tertiary/aromatic N) is 2. The molecule has 22 heavy (non-hydrogen) atoms. The number of H-pyrrole nitrogens is 1. The average molecular weight is 308 g/mol. The van der Waals surface area contributed by atoms with Crippen LogP contribution in [0.4, 0.5) is 20.5 Å². The topological polar surface area (TPSA) is 84.2 Å². The summed E-state index contributed by atoms with van der Waals surface area (Å²) in [7, 11) is 0. The van der Waals surface area contributed by atoms with Gasteiger partial charge in [0.25, 0.3) is 5.56 Å². The van der Waals surface area contributed by atoms with Gasteiger partial charge in [0.05, 0.1) is 18.8 Å². The summed E-state index contributed by atoms with van der Waals surface area (Å²) >= 11 is 0. The van der Waals surface area contributed by atoms with Gasteiger partial charge < -0.3 is 15.4 Å². The third kappa shape index (κ3) is 2.64. The van der Waals surface area contributed by atoms with Gasteiger partial charge in [-0.2, -0.15) is 4.98 Å². The van der Waals surface area contributed by atoms with Crippen LogP contribution < -0.4 is 16.2 Å². The first-order valence-corrected chi connectivity index (χ1v) is 6.74. The van der Waals surface area contributed by atoms with Crippen molar-refractivity contribution in [3.8, 4) is 11.1 Å². The Balaban J connectivity index is 2.04. The molecule has 2 heterocycles. The van der Waals surface area contributed by atoms with E-state index in [4.69, 9.17) is 10.5 Å². The van der Waals surface area contributed by atoms with Crippen LogP contribution in [0, 0.1) is 11.6 Å². The molecule has 0 radical (unpaired) electrons. The van der Waals surface area contributed by atoms with Gasteiger partial charge in [-0.1, -0.05) is 0 Å². The van der Waals surface area contributed by atoms with Crippen molar-refractivity contribution < 1.29 is 13.5 Å². The summed E-state index contributed by atoms with van der Waals surface area (Å²) in [5, 5.41) is 0. The number of nitrogen functional groups attached to an aromatic ring is 1. The Morgan fingerprint density at radius 3 is 2.64 bits per heavy atom. The van der Waals surface area contributed by atoms with Crippen molar-refractivity contribution in [1.82, 2.24) is 9.97 Å². The van der Waals surface area contributed by atoms with Gasteiger partial charge in [0.2, 0.25) is 5.95 Å². The number of benzene rings is 1. The molecule has 116 valence electrons. The van der Waals surface area contributed by atoms with Gasteiger partial charge >= 0.3 is 0 Å². The van der Waals surface area contributed by atoms with Gasteiger partial charge in [0.15, 0.2) is 0 Å². The molecule has 1 saturated heterocycles. The first-order chi connectivity index (χ1) is 10.6. The molecule has 1 aromatic carbocycles. The van der Waals surface area contributed by atoms with Gasteiger partial charge in [0, 0.05) is 24.7 Å². The van der Waals surface area contributed by atoms with Crippen molar-refractivity contribution in [2.75, 3.05) is 36.9 Å². The molecule has 0 aliphatic carbocycles. The van der Waals surface area contributed by atoms with Crippen LogP contribution in [-0.2, 0) is 4.74 Å². The highest BCUT2D eigenvalue weighted by Crippen LogP contribution is 2.25. The van der Waals surface area contributed by atoms with Crippen molar-refractivity contribution in [3.63, 3.8) is 0 Å². The summed E-state index contributed by atoms with van der Waals surface area (Å²) in [6.07, 6.45) is 0. The molecule has 0 unspecified atom stereocenters. The third-order valence-corrected chi connectivity index (χ3v) is 3.45. The van der Waals surface area contributed by atoms with Gasteiger partial charge in [-0.15, -0.1) is 0 Å². The van der Waals surface area contributed by atoms with Crippen LogP contribution in [-0.4, -0.2) is 36.3 Å². The summed E-state index contributed by atoms with van der Waals surface area (Å²) in [6, 6.07) is 2.93. The Bertz CT molecular complexity index is 757. The fourth-order valence-electron chi connectivity index (χ4n) is 2.36. The molecule has 0 atom stereocenters. The van der Waals surface area contributed by atoms with Crippen molar-refractivity contribution in [2.45, 2.75) is 0 Å². The lowest BCUT2D eigenvalue weighted by molar-refractivity contribution is 0.122. The van der Waals surface area contributed by atoms with E-state index in [0.717, 1.165) is 6.07 Å². The number of anilines is 2. The van der Waals surface area contributed by atoms with Crippen LogP contribution in [0.2, 0.25) is 0 Å². The van der Waals surface area contributed by atoms with Crippen molar-refractivity contribution in [1.29, 1.82) is 0 Å². The lowest BCUT2D eigenvalue weighted by atomic mass is 10.1. The number of nitrogens with one attached hydrogen (secondary N) is 1. The summed E-state index contributed by atoms with van der Waals surface area (Å²) in [6.45, 7) is 2.20. The molecule has 6 nitrogen and oxygen atoms in total. The molecule has 1 aliphatic rings. The maximum absolute atomic E-state index is 13.8. The fraction of sp³-hybridized carbons (Fsp3) is 0.286. The highest BCUT2D eigenvalue weighted by molar-refractivity contribution is 5.74. The predicted octanol–water partition coefficient (Wildman–Crippen LogP) is 1.13. The Morgan fingerprint density at radius 2 is 2.00 bits per heavy atom. The zero-order chi connectivity index (χ0) is 15.7. The number of morpholine rings is 1. The standard InChI is InChI=1S/C14H14F2N4O2/c15-8-1-2-9(10(16)7-8)11-12(17)18-14(19-13(11)21)20-3-5-22-6-4-20/h1-2,7H,3-6H2,(H3,17,18,19,21). The van der Waals surface area contributed by atoms with E-state index in [1.807, 2.05) is 4.90 Å². The van der Waals surface area contributed by atoms with E-state index in [1.54, 1.807) is 0 Å². The molecule has 0 spiro atoms. The number of ether oxygens (including phenoxy) is 1. The molecular formula is C14H14F2N4O2. The molecule has 0 bridgehead atoms. The highest BCUT2D eigenvalue weighted by atomic mass is 19.1. The molecule has 1 aliphatic heterocycles. The molecule has 0 amide bonds. The lowest BCUT2D eigenvalue weighted by Crippen LogP contribution is -2.38. The van der Waals surface area contributed by atoms with E-state index >= 15 is 0 Å². The number of nitrogens with two attached hydrogens (primary N) is 1. The quantitative estimate of drug-likeness (QED) is 0.869. The minimum Gasteiger partial charge on any atom is -0.383 e. The minimum absolute atomic E-state index is 0.0822. The van der Waals surface area contributed by atoms with Crippen molar-refractivity contribution in [3.05, 3.63) is 40.2 Å². The fourth-order valence-corrected chi connectivity index (χ4v) is 2.36. The largest absolute Gasteiger partial charge is 0.383 e. The summed E-state index contributed by atoms with van der Waals surface area (Å²) in [5.74, 6) is -1.37. The van der Waals surface area contributed by atoms with Crippen LogP contribution >= 0.6 is 0 Å². The van der Waals surface area contributed by atoms with E-state index in [9.17, 15) is 13.6 Å². The molecule has 3 N–H and O–H groups in total. The predicted molar refractivity (Wildman–Crippen MR) is 77.7 cm³/mol. The van der Waals surface area contributed by atoms with Crippen LogP contribution in [0.3, 0.4) is 0 Å². The maximum Gasteiger partial charge on any atom is 0.262 e. The molecule has 1 fully saturated rings. The van der Waals surface area contributed by atoms with Crippen molar-refractivity contribution >= 4 is 11.8 Å². The number of aromatic nitrogens is 2. The first-order valence-electron chi connectivity index (χ1n) is 6.74. The maximum atomic E-state index is 13.8. The molecule has 2 aromatic rings. The molecule has 0 saturated carbocycles. The van der Waals surface area contributed by atoms with E-state index in [2.05, 4.69) is 9.97 Å². The number of hydrogen-bond acceptors (Lipinski definition) is 5. The Labute approximate surface area is 124 Å². The van der Waals surface area contributed by atoms with E-state index in [0.29, 0.717) is 38.3 Å². The lowest BCUT2D eigenvalue weighted by Gasteiger charge is -2.27. The van der Waals surface area contributed by atoms with Crippen molar-refractivity contribution in [2.24, 2.45) is 0 Å². The molecule has 8 heteroatoms. The first kappa shape index (κ1) is 14.5. The number of aromatic amines is 1. The summed E-state index contributed by atoms with van der Waals surface area (Å²) in [4.78, 5) is 20.8. The Kier molecular flexibility index (Phi) is 3.76. The molecule has 3 rings (SSSR count). The Hall–Kier alpha value is -2.48. The normalized spacial score (nSPS) is 15.1. The van der Waals surface area contributed by atoms with E-state index < -0.39 is 17.2 Å². The number of halogens is 2. The monoisotopic (exact) mass is 308 g/mol. The highest BCUT2D eigenvalue weighted by Gasteiger charge is 2.19. The van der Waals surface area contributed by atoms with E-state index in [1.165, 1.54) is 6.07 Å². The second-order valence-corrected chi connectivity index (χ2v) is 4.87. The summed E-state index contributed by atoms with van der Waals surface area (Å²) in [5.41, 5.74) is 5.06. The van der Waals surface area contributed by atoms with Gasteiger partial charge in [-0.3, -0.25) is 9.78 Å². The van der Waals surface area contributed by atoms with Gasteiger partial charge in [0.1, 0.15) is 17.5 Å². The second kappa shape index (κ2) is 5.72. The zero-order valence-corrected chi connectivity index (χ0v) is 11.6. The van der Waals surface area contributed by atoms with E-state index in [-0.39, 0.29) is 16.9 Å². The Morgan fingerprint density at radius 1 is 1.27 bits per heavy atom. The smallest absolute Gasteiger partial charge is 0.262 e. The van der Waals surface area contributed by atoms with Crippen LogP contribution in [0.15, 0.2) is 23.0 Å². The minimum atomic E-state index is -0.863. The van der Waals surface area contributed by atoms with Crippen LogP contribution in [0.25, 0.3) is 11.1 Å². The van der Waals surface area contributed by atoms with Crippen LogP contribution in [0.5, 0.6) is 0 Å². The number of hydrogen-bond donors (Lipinski definition) is 2. The van der Waals surface area contributed by atoms with Gasteiger partial charge in [-0.05, 0) is 12.1 Å². The van der Waals surface area contributed by atoms with Crippen LogP contribution in [0.1, 0.15) is 0 Å². The molecular weight excluding hydrogens is 294 g/mol. The average Bonchev–Trinajstić information content (AvgIpc) is 2.49. The summed E-state index contributed by atoms with van der Waals surface area (Å²) < 4.78 is 32.1. The SMILES string of the molecule is Nc1nc(N2CCOCC2)[nH]c(=O)c1-c1ccc(F)cc1F. The third-order valence-electron chi connectivity index (χ3n) is 3.45.